The molecule has 1 N–H and O–H groups in total. The fraction of sp³-hybridized carbons (Fsp3) is 0.222. The van der Waals surface area contributed by atoms with Crippen LogP contribution in [-0.4, -0.2) is 34.0 Å². The highest BCUT2D eigenvalue weighted by Gasteiger charge is 2.37. The standard InChI is InChI=1S/C27H26N2O3/c1-19(2)32-24-12-10-23(11-13-24)29-18-28-25-15-21(7-14-26(25)29)4-3-20-5-8-22(9-6-20)27(30)16-31-17-27/h3-15,18-19,30H,16-17H2,1-2H3/b4-3-. The maximum absolute atomic E-state index is 10.4. The number of aromatic nitrogens is 2. The second kappa shape index (κ2) is 8.26. The van der Waals surface area contributed by atoms with Crippen molar-refractivity contribution in [3.05, 3.63) is 89.7 Å². The topological polar surface area (TPSA) is 56.5 Å². The van der Waals surface area contributed by atoms with Gasteiger partial charge in [-0.15, -0.1) is 0 Å². The van der Waals surface area contributed by atoms with Crippen LogP contribution in [-0.2, 0) is 10.3 Å². The first-order valence-electron chi connectivity index (χ1n) is 10.8. The van der Waals surface area contributed by atoms with E-state index < -0.39 is 5.60 Å². The first-order chi connectivity index (χ1) is 15.5. The zero-order chi connectivity index (χ0) is 22.1. The molecule has 1 saturated heterocycles. The number of fused-ring (bicyclic) bond motifs is 1. The van der Waals surface area contributed by atoms with E-state index in [9.17, 15) is 5.11 Å². The van der Waals surface area contributed by atoms with Crippen LogP contribution in [0.15, 0.2) is 73.1 Å². The van der Waals surface area contributed by atoms with Crippen molar-refractivity contribution in [2.75, 3.05) is 13.2 Å². The minimum absolute atomic E-state index is 0.156. The molecule has 1 aliphatic rings. The van der Waals surface area contributed by atoms with Crippen LogP contribution in [0.1, 0.15) is 30.5 Å². The smallest absolute Gasteiger partial charge is 0.136 e. The van der Waals surface area contributed by atoms with E-state index in [-0.39, 0.29) is 6.10 Å². The SMILES string of the molecule is CC(C)Oc1ccc(-n2cnc3cc(/C=C\c4ccc(C5(O)COC5)cc4)ccc32)cc1. The Hall–Kier alpha value is -3.41. The average Bonchev–Trinajstić information content (AvgIpc) is 3.20. The Morgan fingerprint density at radius 2 is 1.66 bits per heavy atom. The van der Waals surface area contributed by atoms with E-state index in [1.54, 1.807) is 0 Å². The first-order valence-corrected chi connectivity index (χ1v) is 10.8. The summed E-state index contributed by atoms with van der Waals surface area (Å²) in [5.41, 5.74) is 5.28. The predicted octanol–water partition coefficient (Wildman–Crippen LogP) is 5.20. The fourth-order valence-electron chi connectivity index (χ4n) is 3.86. The van der Waals surface area contributed by atoms with E-state index in [2.05, 4.69) is 39.9 Å². The molecule has 0 saturated carbocycles. The highest BCUT2D eigenvalue weighted by atomic mass is 16.5. The molecule has 1 fully saturated rings. The van der Waals surface area contributed by atoms with Crippen molar-refractivity contribution in [1.82, 2.24) is 9.55 Å². The molecule has 5 heteroatoms. The van der Waals surface area contributed by atoms with E-state index >= 15 is 0 Å². The van der Waals surface area contributed by atoms with Crippen molar-refractivity contribution in [3.8, 4) is 11.4 Å². The molecule has 32 heavy (non-hydrogen) atoms. The van der Waals surface area contributed by atoms with Gasteiger partial charge in [-0.2, -0.15) is 0 Å². The zero-order valence-electron chi connectivity index (χ0n) is 18.2. The van der Waals surface area contributed by atoms with Gasteiger partial charge < -0.3 is 14.6 Å². The average molecular weight is 427 g/mol. The molecular weight excluding hydrogens is 400 g/mol. The Morgan fingerprint density at radius 1 is 0.969 bits per heavy atom. The Morgan fingerprint density at radius 3 is 2.31 bits per heavy atom. The maximum Gasteiger partial charge on any atom is 0.136 e. The van der Waals surface area contributed by atoms with Crippen molar-refractivity contribution < 1.29 is 14.6 Å². The third kappa shape index (κ3) is 4.05. The summed E-state index contributed by atoms with van der Waals surface area (Å²) in [4.78, 5) is 4.59. The summed E-state index contributed by atoms with van der Waals surface area (Å²) >= 11 is 0. The highest BCUT2D eigenvalue weighted by molar-refractivity contribution is 5.82. The second-order valence-corrected chi connectivity index (χ2v) is 8.50. The maximum atomic E-state index is 10.4. The Bertz CT molecular complexity index is 1250. The molecule has 1 aromatic heterocycles. The van der Waals surface area contributed by atoms with Crippen LogP contribution in [0.25, 0.3) is 28.9 Å². The van der Waals surface area contributed by atoms with Crippen molar-refractivity contribution in [3.63, 3.8) is 0 Å². The Balaban J connectivity index is 1.33. The number of benzene rings is 3. The highest BCUT2D eigenvalue weighted by Crippen LogP contribution is 2.29. The first kappa shape index (κ1) is 20.5. The second-order valence-electron chi connectivity index (χ2n) is 8.50. The van der Waals surface area contributed by atoms with Crippen LogP contribution in [0, 0.1) is 0 Å². The normalized spacial score (nSPS) is 15.4. The van der Waals surface area contributed by atoms with Crippen molar-refractivity contribution in [2.24, 2.45) is 0 Å². The number of hydrogen-bond donors (Lipinski definition) is 1. The third-order valence-corrected chi connectivity index (χ3v) is 5.66. The van der Waals surface area contributed by atoms with Crippen LogP contribution in [0.5, 0.6) is 5.75 Å². The van der Waals surface area contributed by atoms with Crippen LogP contribution in [0.2, 0.25) is 0 Å². The summed E-state index contributed by atoms with van der Waals surface area (Å²) in [7, 11) is 0. The summed E-state index contributed by atoms with van der Waals surface area (Å²) in [5, 5.41) is 10.4. The lowest BCUT2D eigenvalue weighted by atomic mass is 9.91. The van der Waals surface area contributed by atoms with E-state index in [0.717, 1.165) is 39.2 Å². The lowest BCUT2D eigenvalue weighted by Gasteiger charge is -2.36. The van der Waals surface area contributed by atoms with Gasteiger partial charge >= 0.3 is 0 Å². The Labute approximate surface area is 187 Å². The molecular formula is C27H26N2O3. The van der Waals surface area contributed by atoms with E-state index in [4.69, 9.17) is 9.47 Å². The largest absolute Gasteiger partial charge is 0.491 e. The molecule has 0 spiro atoms. The summed E-state index contributed by atoms with van der Waals surface area (Å²) in [6, 6.07) is 22.3. The minimum Gasteiger partial charge on any atom is -0.491 e. The molecule has 0 amide bonds. The van der Waals surface area contributed by atoms with Crippen LogP contribution < -0.4 is 4.74 Å². The lowest BCUT2D eigenvalue weighted by molar-refractivity contribution is -0.184. The molecule has 0 aliphatic carbocycles. The van der Waals surface area contributed by atoms with Crippen molar-refractivity contribution >= 4 is 23.2 Å². The molecule has 0 atom stereocenters. The van der Waals surface area contributed by atoms with E-state index in [1.807, 2.05) is 68.7 Å². The van der Waals surface area contributed by atoms with Gasteiger partial charge in [-0.05, 0) is 66.9 Å². The summed E-state index contributed by atoms with van der Waals surface area (Å²) in [6.45, 7) is 4.77. The number of ether oxygens (including phenoxy) is 2. The van der Waals surface area contributed by atoms with E-state index in [1.165, 1.54) is 0 Å². The summed E-state index contributed by atoms with van der Waals surface area (Å²) in [6.07, 6.45) is 6.15. The molecule has 162 valence electrons. The lowest BCUT2D eigenvalue weighted by Crippen LogP contribution is -2.46. The van der Waals surface area contributed by atoms with Gasteiger partial charge in [-0.1, -0.05) is 42.5 Å². The minimum atomic E-state index is -0.826. The number of hydrogen-bond acceptors (Lipinski definition) is 4. The number of imidazole rings is 1. The molecule has 2 heterocycles. The predicted molar refractivity (Wildman–Crippen MR) is 127 cm³/mol. The zero-order valence-corrected chi connectivity index (χ0v) is 18.2. The number of aliphatic hydroxyl groups is 1. The number of rotatable bonds is 6. The summed E-state index contributed by atoms with van der Waals surface area (Å²) < 4.78 is 12.9. The Kier molecular flexibility index (Phi) is 5.29. The van der Waals surface area contributed by atoms with Crippen LogP contribution >= 0.6 is 0 Å². The van der Waals surface area contributed by atoms with Gasteiger partial charge in [0.15, 0.2) is 0 Å². The molecule has 5 rings (SSSR count). The van der Waals surface area contributed by atoms with Gasteiger partial charge in [-0.25, -0.2) is 4.98 Å². The van der Waals surface area contributed by atoms with Gasteiger partial charge in [0.2, 0.25) is 0 Å². The quantitative estimate of drug-likeness (QED) is 0.431. The molecule has 0 unspecified atom stereocenters. The van der Waals surface area contributed by atoms with Gasteiger partial charge in [0.1, 0.15) is 17.7 Å². The van der Waals surface area contributed by atoms with Crippen molar-refractivity contribution in [2.45, 2.75) is 25.6 Å². The molecule has 0 bridgehead atoms. The molecule has 5 nitrogen and oxygen atoms in total. The molecule has 4 aromatic rings. The van der Waals surface area contributed by atoms with Gasteiger partial charge in [0.05, 0.1) is 30.4 Å². The third-order valence-electron chi connectivity index (χ3n) is 5.66. The van der Waals surface area contributed by atoms with Gasteiger partial charge in [-0.3, -0.25) is 4.57 Å². The molecule has 0 radical (unpaired) electrons. The fourth-order valence-corrected chi connectivity index (χ4v) is 3.86. The van der Waals surface area contributed by atoms with Gasteiger partial charge in [0, 0.05) is 5.69 Å². The molecule has 1 aliphatic heterocycles. The molecule has 3 aromatic carbocycles. The van der Waals surface area contributed by atoms with Crippen LogP contribution in [0.3, 0.4) is 0 Å². The number of nitrogens with zero attached hydrogens (tertiary/aromatic N) is 2. The van der Waals surface area contributed by atoms with E-state index in [0.29, 0.717) is 13.2 Å². The summed E-state index contributed by atoms with van der Waals surface area (Å²) in [5.74, 6) is 0.865. The monoisotopic (exact) mass is 426 g/mol. The van der Waals surface area contributed by atoms with Crippen molar-refractivity contribution in [1.29, 1.82) is 0 Å². The van der Waals surface area contributed by atoms with Crippen LogP contribution in [0.4, 0.5) is 0 Å². The van der Waals surface area contributed by atoms with Gasteiger partial charge in [0.25, 0.3) is 0 Å².